The lowest BCUT2D eigenvalue weighted by Crippen LogP contribution is -2.43. The molecule has 3 rings (SSSR count). The van der Waals surface area contributed by atoms with Crippen LogP contribution in [-0.2, 0) is 4.79 Å². The topological polar surface area (TPSA) is 84.4 Å². The number of hydrogen-bond acceptors (Lipinski definition) is 5. The van der Waals surface area contributed by atoms with Gasteiger partial charge in [-0.25, -0.2) is 9.97 Å². The Morgan fingerprint density at radius 2 is 2.19 bits per heavy atom. The summed E-state index contributed by atoms with van der Waals surface area (Å²) in [5, 5.41) is 2.83. The highest BCUT2D eigenvalue weighted by atomic mass is 79.9. The van der Waals surface area contributed by atoms with Crippen LogP contribution in [0.5, 0.6) is 5.88 Å². The van der Waals surface area contributed by atoms with Crippen LogP contribution in [0.15, 0.2) is 41.1 Å². The lowest BCUT2D eigenvalue weighted by molar-refractivity contribution is -0.121. The van der Waals surface area contributed by atoms with Gasteiger partial charge in [-0.3, -0.25) is 9.59 Å². The lowest BCUT2D eigenvalue weighted by Gasteiger charge is -2.32. The fourth-order valence-corrected chi connectivity index (χ4v) is 3.24. The second-order valence-electron chi connectivity index (χ2n) is 6.26. The van der Waals surface area contributed by atoms with Crippen molar-refractivity contribution in [2.24, 2.45) is 5.92 Å². The summed E-state index contributed by atoms with van der Waals surface area (Å²) in [6.45, 7) is 3.37. The number of likely N-dealkylation sites (tertiary alicyclic amines) is 1. The Bertz CT molecular complexity index is 813. The molecule has 2 aromatic rings. The number of hydrogen-bond donors (Lipinski definition) is 1. The lowest BCUT2D eigenvalue weighted by atomic mass is 9.96. The molecule has 1 atom stereocenters. The maximum atomic E-state index is 12.8. The minimum Gasteiger partial charge on any atom is -0.478 e. The molecule has 142 valence electrons. The van der Waals surface area contributed by atoms with Crippen LogP contribution < -0.4 is 10.1 Å². The van der Waals surface area contributed by atoms with E-state index in [1.54, 1.807) is 35.5 Å². The summed E-state index contributed by atoms with van der Waals surface area (Å²) in [5.41, 5.74) is 0.518. The zero-order valence-electron chi connectivity index (χ0n) is 15.0. The van der Waals surface area contributed by atoms with Crippen molar-refractivity contribution >= 4 is 33.6 Å². The summed E-state index contributed by atoms with van der Waals surface area (Å²) in [6, 6.07) is 6.86. The van der Waals surface area contributed by atoms with Gasteiger partial charge < -0.3 is 15.0 Å². The molecule has 8 heteroatoms. The number of carbonyl (C=O) groups is 2. The Morgan fingerprint density at radius 1 is 1.33 bits per heavy atom. The second-order valence-corrected chi connectivity index (χ2v) is 7.17. The van der Waals surface area contributed by atoms with Crippen molar-refractivity contribution in [1.29, 1.82) is 0 Å². The summed E-state index contributed by atoms with van der Waals surface area (Å²) < 4.78 is 6.21. The van der Waals surface area contributed by atoms with Crippen LogP contribution in [-0.4, -0.2) is 46.4 Å². The van der Waals surface area contributed by atoms with Gasteiger partial charge >= 0.3 is 0 Å². The molecule has 7 nitrogen and oxygen atoms in total. The number of amides is 2. The molecule has 0 aromatic carbocycles. The van der Waals surface area contributed by atoms with Crippen LogP contribution in [0.2, 0.25) is 0 Å². The minimum absolute atomic E-state index is 0.113. The van der Waals surface area contributed by atoms with Crippen LogP contribution in [0.1, 0.15) is 30.1 Å². The van der Waals surface area contributed by atoms with Crippen molar-refractivity contribution in [2.45, 2.75) is 19.8 Å². The van der Waals surface area contributed by atoms with E-state index >= 15 is 0 Å². The number of carbonyl (C=O) groups excluding carboxylic acids is 2. The Labute approximate surface area is 166 Å². The molecule has 0 radical (unpaired) electrons. The van der Waals surface area contributed by atoms with E-state index in [0.29, 0.717) is 37.0 Å². The summed E-state index contributed by atoms with van der Waals surface area (Å²) in [5.74, 6) is 0.434. The van der Waals surface area contributed by atoms with Gasteiger partial charge in [0.1, 0.15) is 5.82 Å². The summed E-state index contributed by atoms with van der Waals surface area (Å²) in [6.07, 6.45) is 4.71. The molecule has 0 bridgehead atoms. The van der Waals surface area contributed by atoms with Crippen molar-refractivity contribution < 1.29 is 14.3 Å². The SMILES string of the molecule is CCOc1cc(C(=O)N2CCCC(C(=O)Nc3ccc(Br)cn3)C2)ccn1. The average Bonchev–Trinajstić information content (AvgIpc) is 2.70. The number of rotatable bonds is 5. The van der Waals surface area contributed by atoms with Gasteiger partial charge in [-0.15, -0.1) is 0 Å². The third-order valence-electron chi connectivity index (χ3n) is 4.33. The zero-order valence-corrected chi connectivity index (χ0v) is 16.6. The number of piperidine rings is 1. The zero-order chi connectivity index (χ0) is 19.2. The Kier molecular flexibility index (Phi) is 6.39. The molecule has 1 fully saturated rings. The van der Waals surface area contributed by atoms with Gasteiger partial charge in [0, 0.05) is 41.6 Å². The van der Waals surface area contributed by atoms with Crippen molar-refractivity contribution in [3.63, 3.8) is 0 Å². The van der Waals surface area contributed by atoms with Gasteiger partial charge in [-0.2, -0.15) is 0 Å². The van der Waals surface area contributed by atoms with Gasteiger partial charge in [-0.1, -0.05) is 0 Å². The molecule has 1 unspecified atom stereocenters. The second kappa shape index (κ2) is 8.94. The molecule has 0 saturated carbocycles. The highest BCUT2D eigenvalue weighted by molar-refractivity contribution is 9.10. The van der Waals surface area contributed by atoms with E-state index in [0.717, 1.165) is 17.3 Å². The number of halogens is 1. The number of pyridine rings is 2. The average molecular weight is 433 g/mol. The van der Waals surface area contributed by atoms with E-state index < -0.39 is 0 Å². The predicted octanol–water partition coefficient (Wildman–Crippen LogP) is 3.13. The first-order chi connectivity index (χ1) is 13.1. The third-order valence-corrected chi connectivity index (χ3v) is 4.80. The van der Waals surface area contributed by atoms with Gasteiger partial charge in [0.25, 0.3) is 5.91 Å². The van der Waals surface area contributed by atoms with Gasteiger partial charge in [0.05, 0.1) is 12.5 Å². The normalized spacial score (nSPS) is 16.7. The van der Waals surface area contributed by atoms with Crippen LogP contribution >= 0.6 is 15.9 Å². The molecule has 1 N–H and O–H groups in total. The first-order valence-electron chi connectivity index (χ1n) is 8.87. The Morgan fingerprint density at radius 3 is 2.93 bits per heavy atom. The van der Waals surface area contributed by atoms with Crippen molar-refractivity contribution in [3.05, 3.63) is 46.7 Å². The van der Waals surface area contributed by atoms with E-state index in [4.69, 9.17) is 4.74 Å². The highest BCUT2D eigenvalue weighted by Gasteiger charge is 2.29. The smallest absolute Gasteiger partial charge is 0.254 e. The van der Waals surface area contributed by atoms with E-state index in [2.05, 4.69) is 31.2 Å². The van der Waals surface area contributed by atoms with Gasteiger partial charge in [-0.05, 0) is 53.9 Å². The maximum Gasteiger partial charge on any atom is 0.254 e. The Hall–Kier alpha value is -2.48. The standard InChI is InChI=1S/C19H21BrN4O3/c1-2-27-17-10-13(7-8-21-17)19(26)24-9-3-4-14(12-24)18(25)23-16-6-5-15(20)11-22-16/h5-8,10-11,14H,2-4,9,12H2,1H3,(H,22,23,25). The monoisotopic (exact) mass is 432 g/mol. The van der Waals surface area contributed by atoms with Crippen molar-refractivity contribution in [2.75, 3.05) is 25.0 Å². The van der Waals surface area contributed by atoms with Crippen LogP contribution in [0.4, 0.5) is 5.82 Å². The Balaban J connectivity index is 1.64. The quantitative estimate of drug-likeness (QED) is 0.784. The predicted molar refractivity (Wildman–Crippen MR) is 105 cm³/mol. The first kappa shape index (κ1) is 19.3. The molecule has 1 aliphatic heterocycles. The number of nitrogens with one attached hydrogen (secondary N) is 1. The molecule has 0 spiro atoms. The molecule has 1 aliphatic rings. The van der Waals surface area contributed by atoms with Crippen LogP contribution in [0.3, 0.4) is 0 Å². The molecular weight excluding hydrogens is 412 g/mol. The molecule has 1 saturated heterocycles. The number of aromatic nitrogens is 2. The van der Waals surface area contributed by atoms with Crippen molar-refractivity contribution in [3.8, 4) is 5.88 Å². The van der Waals surface area contributed by atoms with E-state index in [1.165, 1.54) is 0 Å². The maximum absolute atomic E-state index is 12.8. The number of anilines is 1. The highest BCUT2D eigenvalue weighted by Crippen LogP contribution is 2.21. The van der Waals surface area contributed by atoms with Gasteiger partial charge in [0.2, 0.25) is 11.8 Å². The van der Waals surface area contributed by atoms with E-state index in [9.17, 15) is 9.59 Å². The number of nitrogens with zero attached hydrogens (tertiary/aromatic N) is 3. The largest absolute Gasteiger partial charge is 0.478 e. The van der Waals surface area contributed by atoms with E-state index in [1.807, 2.05) is 13.0 Å². The molecule has 3 heterocycles. The molecule has 2 aromatic heterocycles. The molecule has 0 aliphatic carbocycles. The molecule has 27 heavy (non-hydrogen) atoms. The molecular formula is C19H21BrN4O3. The summed E-state index contributed by atoms with van der Waals surface area (Å²) >= 11 is 3.32. The fourth-order valence-electron chi connectivity index (χ4n) is 3.01. The van der Waals surface area contributed by atoms with Crippen molar-refractivity contribution in [1.82, 2.24) is 14.9 Å². The van der Waals surface area contributed by atoms with Crippen LogP contribution in [0, 0.1) is 5.92 Å². The number of ether oxygens (including phenoxy) is 1. The fraction of sp³-hybridized carbons (Fsp3) is 0.368. The summed E-state index contributed by atoms with van der Waals surface area (Å²) in [7, 11) is 0. The van der Waals surface area contributed by atoms with Gasteiger partial charge in [0.15, 0.2) is 0 Å². The van der Waals surface area contributed by atoms with E-state index in [-0.39, 0.29) is 17.7 Å². The first-order valence-corrected chi connectivity index (χ1v) is 9.66. The molecule has 2 amide bonds. The van der Waals surface area contributed by atoms with Crippen LogP contribution in [0.25, 0.3) is 0 Å². The third kappa shape index (κ3) is 5.03. The summed E-state index contributed by atoms with van der Waals surface area (Å²) in [4.78, 5) is 35.3. The minimum atomic E-state index is -0.263.